The van der Waals surface area contributed by atoms with Crippen LogP contribution in [-0.4, -0.2) is 30.1 Å². The second-order valence-corrected chi connectivity index (χ2v) is 6.38. The van der Waals surface area contributed by atoms with E-state index in [0.29, 0.717) is 6.04 Å². The molecule has 1 aliphatic carbocycles. The zero-order valence-corrected chi connectivity index (χ0v) is 12.5. The van der Waals surface area contributed by atoms with E-state index in [-0.39, 0.29) is 5.54 Å². The molecule has 0 saturated heterocycles. The molecule has 0 heterocycles. The van der Waals surface area contributed by atoms with Gasteiger partial charge in [-0.2, -0.15) is 0 Å². The SMILES string of the molecule is CCC(C)N(C)C1(CN)CCC(C(C)C)CC1. The molecule has 0 radical (unpaired) electrons. The number of nitrogens with two attached hydrogens (primary N) is 1. The first-order valence-corrected chi connectivity index (χ1v) is 7.40. The molecule has 2 nitrogen and oxygen atoms in total. The number of likely N-dealkylation sites (N-methyl/N-ethyl adjacent to an activating group) is 1. The van der Waals surface area contributed by atoms with Crippen molar-refractivity contribution in [2.45, 2.75) is 71.4 Å². The van der Waals surface area contributed by atoms with E-state index in [9.17, 15) is 0 Å². The van der Waals surface area contributed by atoms with Crippen molar-refractivity contribution in [2.75, 3.05) is 13.6 Å². The van der Waals surface area contributed by atoms with Gasteiger partial charge in [0.05, 0.1) is 0 Å². The van der Waals surface area contributed by atoms with E-state index in [1.54, 1.807) is 0 Å². The van der Waals surface area contributed by atoms with Gasteiger partial charge in [0.15, 0.2) is 0 Å². The molecule has 2 N–H and O–H groups in total. The van der Waals surface area contributed by atoms with Crippen molar-refractivity contribution in [1.82, 2.24) is 4.90 Å². The van der Waals surface area contributed by atoms with E-state index in [2.05, 4.69) is 39.6 Å². The Hall–Kier alpha value is -0.0800. The third-order valence-corrected chi connectivity index (χ3v) is 5.28. The maximum Gasteiger partial charge on any atom is 0.0331 e. The number of hydrogen-bond donors (Lipinski definition) is 1. The minimum Gasteiger partial charge on any atom is -0.329 e. The third-order valence-electron chi connectivity index (χ3n) is 5.28. The summed E-state index contributed by atoms with van der Waals surface area (Å²) >= 11 is 0. The van der Waals surface area contributed by atoms with Crippen molar-refractivity contribution in [3.8, 4) is 0 Å². The van der Waals surface area contributed by atoms with Crippen LogP contribution in [0.2, 0.25) is 0 Å². The second kappa shape index (κ2) is 6.19. The molecule has 1 atom stereocenters. The zero-order valence-electron chi connectivity index (χ0n) is 12.5. The summed E-state index contributed by atoms with van der Waals surface area (Å²) in [5, 5.41) is 0. The Labute approximate surface area is 108 Å². The van der Waals surface area contributed by atoms with Crippen LogP contribution in [0.5, 0.6) is 0 Å². The molecule has 0 aromatic heterocycles. The molecule has 0 aliphatic heterocycles. The van der Waals surface area contributed by atoms with Gasteiger partial charge >= 0.3 is 0 Å². The fraction of sp³-hybridized carbons (Fsp3) is 1.00. The van der Waals surface area contributed by atoms with Crippen LogP contribution >= 0.6 is 0 Å². The van der Waals surface area contributed by atoms with Crippen LogP contribution < -0.4 is 5.73 Å². The molecule has 0 aromatic carbocycles. The van der Waals surface area contributed by atoms with Crippen LogP contribution in [-0.2, 0) is 0 Å². The van der Waals surface area contributed by atoms with Crippen molar-refractivity contribution < 1.29 is 0 Å². The van der Waals surface area contributed by atoms with Crippen LogP contribution in [0.1, 0.15) is 59.8 Å². The van der Waals surface area contributed by atoms with E-state index >= 15 is 0 Å². The molecule has 17 heavy (non-hydrogen) atoms. The van der Waals surface area contributed by atoms with Gasteiger partial charge in [-0.3, -0.25) is 4.90 Å². The number of nitrogens with zero attached hydrogens (tertiary/aromatic N) is 1. The first kappa shape index (κ1) is 15.0. The molecule has 1 fully saturated rings. The van der Waals surface area contributed by atoms with Gasteiger partial charge in [-0.15, -0.1) is 0 Å². The second-order valence-electron chi connectivity index (χ2n) is 6.38. The number of rotatable bonds is 5. The van der Waals surface area contributed by atoms with Gasteiger partial charge in [-0.25, -0.2) is 0 Å². The van der Waals surface area contributed by atoms with E-state index in [4.69, 9.17) is 5.73 Å². The molecule has 1 aliphatic rings. The van der Waals surface area contributed by atoms with Gasteiger partial charge in [0.25, 0.3) is 0 Å². The lowest BCUT2D eigenvalue weighted by molar-refractivity contribution is 0.0276. The molecule has 0 spiro atoms. The molecule has 0 aromatic rings. The van der Waals surface area contributed by atoms with Crippen molar-refractivity contribution in [3.63, 3.8) is 0 Å². The first-order valence-electron chi connectivity index (χ1n) is 7.40. The van der Waals surface area contributed by atoms with E-state index in [0.717, 1.165) is 18.4 Å². The quantitative estimate of drug-likeness (QED) is 0.799. The summed E-state index contributed by atoms with van der Waals surface area (Å²) in [5.41, 5.74) is 6.39. The summed E-state index contributed by atoms with van der Waals surface area (Å²) < 4.78 is 0. The fourth-order valence-corrected chi connectivity index (χ4v) is 3.29. The monoisotopic (exact) mass is 240 g/mol. The number of hydrogen-bond acceptors (Lipinski definition) is 2. The summed E-state index contributed by atoms with van der Waals surface area (Å²) in [6, 6.07) is 0.647. The summed E-state index contributed by atoms with van der Waals surface area (Å²) in [7, 11) is 2.27. The predicted molar refractivity (Wildman–Crippen MR) is 76.1 cm³/mol. The van der Waals surface area contributed by atoms with Gasteiger partial charge < -0.3 is 5.73 Å². The van der Waals surface area contributed by atoms with Crippen molar-refractivity contribution in [1.29, 1.82) is 0 Å². The lowest BCUT2D eigenvalue weighted by Crippen LogP contribution is -2.57. The zero-order chi connectivity index (χ0) is 13.1. The van der Waals surface area contributed by atoms with Crippen LogP contribution in [0.15, 0.2) is 0 Å². The first-order chi connectivity index (χ1) is 7.96. The topological polar surface area (TPSA) is 29.3 Å². The van der Waals surface area contributed by atoms with Crippen LogP contribution in [0, 0.1) is 11.8 Å². The molecule has 1 saturated carbocycles. The van der Waals surface area contributed by atoms with E-state index < -0.39 is 0 Å². The predicted octanol–water partition coefficient (Wildman–Crippen LogP) is 3.26. The highest BCUT2D eigenvalue weighted by molar-refractivity contribution is 4.96. The highest BCUT2D eigenvalue weighted by Crippen LogP contribution is 2.39. The highest BCUT2D eigenvalue weighted by atomic mass is 15.2. The van der Waals surface area contributed by atoms with Gasteiger partial charge in [0.2, 0.25) is 0 Å². The maximum absolute atomic E-state index is 6.11. The standard InChI is InChI=1S/C15H32N2/c1-6-13(4)17(5)15(11-16)9-7-14(8-10-15)12(2)3/h12-14H,6-11,16H2,1-5H3. The Kier molecular flexibility index (Phi) is 5.46. The van der Waals surface area contributed by atoms with Crippen LogP contribution in [0.3, 0.4) is 0 Å². The minimum atomic E-state index is 0.279. The van der Waals surface area contributed by atoms with Crippen molar-refractivity contribution >= 4 is 0 Å². The highest BCUT2D eigenvalue weighted by Gasteiger charge is 2.39. The Bertz CT molecular complexity index is 217. The van der Waals surface area contributed by atoms with Crippen LogP contribution in [0.25, 0.3) is 0 Å². The molecule has 102 valence electrons. The molecule has 0 amide bonds. The summed E-state index contributed by atoms with van der Waals surface area (Å²) in [6.07, 6.45) is 6.50. The van der Waals surface area contributed by atoms with Gasteiger partial charge in [-0.05, 0) is 57.9 Å². The summed E-state index contributed by atoms with van der Waals surface area (Å²) in [6.45, 7) is 10.1. The lowest BCUT2D eigenvalue weighted by atomic mass is 9.71. The molecule has 2 heteroatoms. The largest absolute Gasteiger partial charge is 0.329 e. The lowest BCUT2D eigenvalue weighted by Gasteiger charge is -2.49. The van der Waals surface area contributed by atoms with E-state index in [1.165, 1.54) is 32.1 Å². The van der Waals surface area contributed by atoms with Crippen molar-refractivity contribution in [3.05, 3.63) is 0 Å². The fourth-order valence-electron chi connectivity index (χ4n) is 3.29. The Morgan fingerprint density at radius 3 is 2.12 bits per heavy atom. The smallest absolute Gasteiger partial charge is 0.0331 e. The Morgan fingerprint density at radius 1 is 1.24 bits per heavy atom. The van der Waals surface area contributed by atoms with Gasteiger partial charge in [0.1, 0.15) is 0 Å². The van der Waals surface area contributed by atoms with Gasteiger partial charge in [-0.1, -0.05) is 20.8 Å². The van der Waals surface area contributed by atoms with Gasteiger partial charge in [0, 0.05) is 18.1 Å². The normalized spacial score (nSPS) is 32.1. The summed E-state index contributed by atoms with van der Waals surface area (Å²) in [5.74, 6) is 1.75. The maximum atomic E-state index is 6.11. The Balaban J connectivity index is 2.66. The minimum absolute atomic E-state index is 0.279. The summed E-state index contributed by atoms with van der Waals surface area (Å²) in [4.78, 5) is 2.56. The average molecular weight is 240 g/mol. The van der Waals surface area contributed by atoms with Crippen molar-refractivity contribution in [2.24, 2.45) is 17.6 Å². The average Bonchev–Trinajstić information content (AvgIpc) is 2.36. The molecular formula is C15H32N2. The van der Waals surface area contributed by atoms with Crippen LogP contribution in [0.4, 0.5) is 0 Å². The Morgan fingerprint density at radius 2 is 1.76 bits per heavy atom. The molecular weight excluding hydrogens is 208 g/mol. The molecule has 1 rings (SSSR count). The molecule has 0 bridgehead atoms. The molecule has 1 unspecified atom stereocenters. The van der Waals surface area contributed by atoms with E-state index in [1.807, 2.05) is 0 Å². The third kappa shape index (κ3) is 3.23.